The molecule has 2 aromatic rings. The van der Waals surface area contributed by atoms with Gasteiger partial charge in [-0.25, -0.2) is 0 Å². The van der Waals surface area contributed by atoms with Gasteiger partial charge in [0.05, 0.1) is 10.9 Å². The molecule has 0 saturated carbocycles. The van der Waals surface area contributed by atoms with Crippen molar-refractivity contribution < 1.29 is 5.11 Å². The maximum absolute atomic E-state index is 10.2. The summed E-state index contributed by atoms with van der Waals surface area (Å²) < 4.78 is 0.680. The van der Waals surface area contributed by atoms with Crippen LogP contribution in [0.5, 0.6) is 0 Å². The van der Waals surface area contributed by atoms with E-state index in [-0.39, 0.29) is 0 Å². The molecule has 1 atom stereocenters. The van der Waals surface area contributed by atoms with Crippen LogP contribution >= 0.6 is 22.9 Å². The summed E-state index contributed by atoms with van der Waals surface area (Å²) in [6.07, 6.45) is 1.43. The van der Waals surface area contributed by atoms with Crippen LogP contribution < -0.4 is 10.6 Å². The Hall–Kier alpha value is -1.56. The Morgan fingerprint density at radius 2 is 2.00 bits per heavy atom. The van der Waals surface area contributed by atoms with E-state index in [0.29, 0.717) is 10.9 Å². The van der Waals surface area contributed by atoms with Crippen LogP contribution in [0.2, 0.25) is 4.34 Å². The average molecular weight is 366 g/mol. The lowest BCUT2D eigenvalue weighted by molar-refractivity contribution is 0.191. The van der Waals surface area contributed by atoms with Crippen molar-refractivity contribution >= 4 is 28.9 Å². The predicted molar refractivity (Wildman–Crippen MR) is 103 cm³/mol. The van der Waals surface area contributed by atoms with Crippen molar-refractivity contribution in [1.29, 1.82) is 0 Å². The Bertz CT molecular complexity index is 630. The molecule has 1 heterocycles. The van der Waals surface area contributed by atoms with E-state index in [1.54, 1.807) is 6.07 Å². The minimum atomic E-state index is -0.623. The molecule has 24 heavy (non-hydrogen) atoms. The fourth-order valence-electron chi connectivity index (χ4n) is 2.26. The molecule has 2 rings (SSSR count). The molecular weight excluding hydrogens is 342 g/mol. The first-order chi connectivity index (χ1) is 11.7. The Balaban J connectivity index is 1.77. The lowest BCUT2D eigenvalue weighted by Crippen LogP contribution is -2.38. The maximum atomic E-state index is 10.2. The second kappa shape index (κ2) is 10.3. The molecule has 0 saturated heterocycles. The van der Waals surface area contributed by atoms with Crippen LogP contribution in [-0.4, -0.2) is 30.7 Å². The number of thiophene rings is 1. The summed E-state index contributed by atoms with van der Waals surface area (Å²) in [6.45, 7) is 3.95. The Morgan fingerprint density at radius 1 is 1.21 bits per heavy atom. The van der Waals surface area contributed by atoms with Gasteiger partial charge in [-0.05, 0) is 37.5 Å². The molecule has 0 radical (unpaired) electrons. The van der Waals surface area contributed by atoms with Gasteiger partial charge in [0, 0.05) is 18.0 Å². The fourth-order valence-corrected chi connectivity index (χ4v) is 3.30. The first-order valence-electron chi connectivity index (χ1n) is 8.18. The third-order valence-electron chi connectivity index (χ3n) is 3.47. The number of aliphatic hydroxyl groups is 1. The van der Waals surface area contributed by atoms with E-state index < -0.39 is 6.10 Å². The van der Waals surface area contributed by atoms with Crippen LogP contribution in [0.1, 0.15) is 29.9 Å². The van der Waals surface area contributed by atoms with Crippen LogP contribution in [-0.2, 0) is 6.42 Å². The topological polar surface area (TPSA) is 56.7 Å². The molecule has 130 valence electrons. The third-order valence-corrected chi connectivity index (χ3v) is 4.80. The molecule has 0 amide bonds. The minimum absolute atomic E-state index is 0.310. The Kier molecular flexibility index (Phi) is 8.08. The first kappa shape index (κ1) is 18.8. The number of aliphatic hydroxyl groups excluding tert-OH is 1. The molecule has 0 aliphatic rings. The Labute approximate surface area is 152 Å². The summed E-state index contributed by atoms with van der Waals surface area (Å²) in [7, 11) is 0. The standard InChI is InChI=1S/C18H24ClN3OS/c1-2-20-18(21-12-6-9-14-7-4-3-5-8-14)22-13-15(23)16-10-11-17(19)24-16/h3-5,7-8,10-11,15,23H,2,6,9,12-13H2,1H3,(H2,20,21,22). The van der Waals surface area contributed by atoms with Gasteiger partial charge in [0.15, 0.2) is 5.96 Å². The SMILES string of the molecule is CCNC(=NCC(O)c1ccc(Cl)s1)NCCCc1ccccc1. The number of rotatable bonds is 8. The quantitative estimate of drug-likeness (QED) is 0.380. The number of guanidine groups is 1. The second-order valence-corrected chi connectivity index (χ2v) is 7.14. The molecule has 0 aliphatic carbocycles. The molecule has 1 unspecified atom stereocenters. The Morgan fingerprint density at radius 3 is 2.67 bits per heavy atom. The summed E-state index contributed by atoms with van der Waals surface area (Å²) in [6, 6.07) is 14.1. The zero-order valence-electron chi connectivity index (χ0n) is 13.8. The van der Waals surface area contributed by atoms with Gasteiger partial charge in [0.1, 0.15) is 6.10 Å². The van der Waals surface area contributed by atoms with Crippen molar-refractivity contribution in [1.82, 2.24) is 10.6 Å². The van der Waals surface area contributed by atoms with Crippen LogP contribution in [0.15, 0.2) is 47.5 Å². The van der Waals surface area contributed by atoms with E-state index in [1.165, 1.54) is 16.9 Å². The molecule has 6 heteroatoms. The lowest BCUT2D eigenvalue weighted by Gasteiger charge is -2.12. The van der Waals surface area contributed by atoms with E-state index in [1.807, 2.05) is 19.1 Å². The summed E-state index contributed by atoms with van der Waals surface area (Å²) in [5, 5.41) is 16.7. The van der Waals surface area contributed by atoms with Gasteiger partial charge in [0.25, 0.3) is 0 Å². The van der Waals surface area contributed by atoms with Crippen LogP contribution in [0.3, 0.4) is 0 Å². The third kappa shape index (κ3) is 6.51. The fraction of sp³-hybridized carbons (Fsp3) is 0.389. The summed E-state index contributed by atoms with van der Waals surface area (Å²) in [5.41, 5.74) is 1.34. The molecule has 3 N–H and O–H groups in total. The molecule has 1 aromatic carbocycles. The first-order valence-corrected chi connectivity index (χ1v) is 9.38. The van der Waals surface area contributed by atoms with Gasteiger partial charge in [-0.3, -0.25) is 4.99 Å². The van der Waals surface area contributed by atoms with Gasteiger partial charge >= 0.3 is 0 Å². The second-order valence-electron chi connectivity index (χ2n) is 5.39. The van der Waals surface area contributed by atoms with Crippen molar-refractivity contribution in [3.8, 4) is 0 Å². The van der Waals surface area contributed by atoms with Crippen molar-refractivity contribution in [3.63, 3.8) is 0 Å². The highest BCUT2D eigenvalue weighted by atomic mass is 35.5. The van der Waals surface area contributed by atoms with E-state index in [4.69, 9.17) is 11.6 Å². The van der Waals surface area contributed by atoms with Gasteiger partial charge in [0.2, 0.25) is 0 Å². The van der Waals surface area contributed by atoms with Crippen LogP contribution in [0.4, 0.5) is 0 Å². The van der Waals surface area contributed by atoms with Gasteiger partial charge < -0.3 is 15.7 Å². The maximum Gasteiger partial charge on any atom is 0.191 e. The lowest BCUT2D eigenvalue weighted by atomic mass is 10.1. The van der Waals surface area contributed by atoms with E-state index in [9.17, 15) is 5.11 Å². The summed E-state index contributed by atoms with van der Waals surface area (Å²) in [4.78, 5) is 5.29. The zero-order valence-corrected chi connectivity index (χ0v) is 15.4. The number of nitrogens with zero attached hydrogens (tertiary/aromatic N) is 1. The highest BCUT2D eigenvalue weighted by Crippen LogP contribution is 2.26. The number of nitrogens with one attached hydrogen (secondary N) is 2. The highest BCUT2D eigenvalue weighted by molar-refractivity contribution is 7.16. The number of hydrogen-bond donors (Lipinski definition) is 3. The van der Waals surface area contributed by atoms with E-state index >= 15 is 0 Å². The molecular formula is C18H24ClN3OS. The number of halogens is 1. The highest BCUT2D eigenvalue weighted by Gasteiger charge is 2.10. The van der Waals surface area contributed by atoms with Crippen LogP contribution in [0.25, 0.3) is 0 Å². The molecule has 0 fully saturated rings. The van der Waals surface area contributed by atoms with Crippen LogP contribution in [0, 0.1) is 0 Å². The van der Waals surface area contributed by atoms with Crippen molar-refractivity contribution in [3.05, 3.63) is 57.2 Å². The number of hydrogen-bond acceptors (Lipinski definition) is 3. The smallest absolute Gasteiger partial charge is 0.191 e. The summed E-state index contributed by atoms with van der Waals surface area (Å²) in [5.74, 6) is 0.729. The molecule has 0 spiro atoms. The van der Waals surface area contributed by atoms with Gasteiger partial charge in [-0.2, -0.15) is 0 Å². The van der Waals surface area contributed by atoms with Gasteiger partial charge in [-0.15, -0.1) is 11.3 Å². The van der Waals surface area contributed by atoms with Crippen molar-refractivity contribution in [2.75, 3.05) is 19.6 Å². The zero-order chi connectivity index (χ0) is 17.2. The molecule has 4 nitrogen and oxygen atoms in total. The van der Waals surface area contributed by atoms with Gasteiger partial charge in [-0.1, -0.05) is 41.9 Å². The molecule has 1 aromatic heterocycles. The number of benzene rings is 1. The number of aryl methyl sites for hydroxylation is 1. The van der Waals surface area contributed by atoms with Crippen molar-refractivity contribution in [2.45, 2.75) is 25.9 Å². The van der Waals surface area contributed by atoms with Crippen molar-refractivity contribution in [2.24, 2.45) is 4.99 Å². The monoisotopic (exact) mass is 365 g/mol. The normalized spacial score (nSPS) is 12.9. The largest absolute Gasteiger partial charge is 0.386 e. The average Bonchev–Trinajstić information content (AvgIpc) is 3.03. The predicted octanol–water partition coefficient (Wildman–Crippen LogP) is 3.62. The molecule has 0 aliphatic heterocycles. The minimum Gasteiger partial charge on any atom is -0.386 e. The molecule has 0 bridgehead atoms. The van der Waals surface area contributed by atoms with E-state index in [2.05, 4.69) is 39.9 Å². The summed E-state index contributed by atoms with van der Waals surface area (Å²) >= 11 is 7.28. The number of aliphatic imine (C=N–C) groups is 1. The van der Waals surface area contributed by atoms with E-state index in [0.717, 1.165) is 36.8 Å².